The third-order valence-corrected chi connectivity index (χ3v) is 8.82. The molecule has 2 aromatic rings. The second kappa shape index (κ2) is 12.1. The van der Waals surface area contributed by atoms with E-state index in [4.69, 9.17) is 11.6 Å². The number of halogens is 5. The zero-order valence-corrected chi connectivity index (χ0v) is 23.6. The number of carbonyl (C=O) groups is 1. The first-order valence-electron chi connectivity index (χ1n) is 12.6. The maximum atomic E-state index is 13.4. The average Bonchev–Trinajstić information content (AvgIpc) is 3.35. The van der Waals surface area contributed by atoms with E-state index in [1.807, 2.05) is 19.2 Å². The molecule has 0 spiro atoms. The van der Waals surface area contributed by atoms with Crippen LogP contribution < -0.4 is 4.74 Å². The molecule has 2 aliphatic heterocycles. The highest BCUT2D eigenvalue weighted by molar-refractivity contribution is 7.88. The Balaban J connectivity index is 1.46. The summed E-state index contributed by atoms with van der Waals surface area (Å²) in [6, 6.07) is 12.6. The number of nitrogens with zero attached hydrogens (tertiary/aromatic N) is 4. The number of rotatable bonds is 8. The molecule has 2 heterocycles. The molecule has 2 aromatic carbocycles. The lowest BCUT2D eigenvalue weighted by Crippen LogP contribution is -2.53. The van der Waals surface area contributed by atoms with E-state index in [0.717, 1.165) is 17.4 Å². The highest BCUT2D eigenvalue weighted by Gasteiger charge is 2.44. The van der Waals surface area contributed by atoms with E-state index in [1.165, 1.54) is 28.6 Å². The predicted molar refractivity (Wildman–Crippen MR) is 142 cm³/mol. The molecular weight excluding hydrogens is 576 g/mol. The number of likely N-dealkylation sites (tertiary alicyclic amines) is 1. The van der Waals surface area contributed by atoms with Crippen LogP contribution in [0.5, 0.6) is 5.75 Å². The monoisotopic (exact) mass is 606 g/mol. The fourth-order valence-electron chi connectivity index (χ4n) is 5.11. The Bertz CT molecular complexity index is 1280. The van der Waals surface area contributed by atoms with E-state index in [-0.39, 0.29) is 36.8 Å². The van der Waals surface area contributed by atoms with Gasteiger partial charge in [-0.2, -0.15) is 21.9 Å². The standard InChI is InChI=1S/C26H31ClF4N4O4S/c1-32(15-18-3-9-21(10-4-18)39-26(30,31)24(28)29)23-17-34(16-22(23)19-5-7-20(27)8-6-19)25(36)33-11-13-35(14-12-33)40(2,37)38/h3-10,22-24H,11-17H2,1-2H3. The van der Waals surface area contributed by atoms with Gasteiger partial charge in [-0.3, -0.25) is 4.90 Å². The predicted octanol–water partition coefficient (Wildman–Crippen LogP) is 4.17. The Morgan fingerprint density at radius 3 is 2.17 bits per heavy atom. The molecule has 0 radical (unpaired) electrons. The van der Waals surface area contributed by atoms with Crippen LogP contribution >= 0.6 is 11.6 Å². The summed E-state index contributed by atoms with van der Waals surface area (Å²) in [6.45, 7) is 2.33. The fourth-order valence-corrected chi connectivity index (χ4v) is 6.06. The summed E-state index contributed by atoms with van der Waals surface area (Å²) in [5.41, 5.74) is 1.74. The first-order valence-corrected chi connectivity index (χ1v) is 14.9. The molecule has 14 heteroatoms. The van der Waals surface area contributed by atoms with Gasteiger partial charge in [-0.25, -0.2) is 13.2 Å². The molecule has 40 heavy (non-hydrogen) atoms. The van der Waals surface area contributed by atoms with Crippen LogP contribution in [0.4, 0.5) is 22.4 Å². The van der Waals surface area contributed by atoms with E-state index in [1.54, 1.807) is 21.9 Å². The number of hydrogen-bond donors (Lipinski definition) is 0. The molecule has 2 amide bonds. The Morgan fingerprint density at radius 1 is 1.02 bits per heavy atom. The molecule has 8 nitrogen and oxygen atoms in total. The normalized spacial score (nSPS) is 20.9. The van der Waals surface area contributed by atoms with E-state index in [2.05, 4.69) is 9.64 Å². The smallest absolute Gasteiger partial charge is 0.428 e. The van der Waals surface area contributed by atoms with Crippen LogP contribution in [0.2, 0.25) is 5.02 Å². The maximum absolute atomic E-state index is 13.4. The molecule has 0 saturated carbocycles. The van der Waals surface area contributed by atoms with Crippen LogP contribution in [-0.2, 0) is 16.6 Å². The van der Waals surface area contributed by atoms with Crippen molar-refractivity contribution in [3.8, 4) is 5.75 Å². The van der Waals surface area contributed by atoms with Crippen LogP contribution in [0.15, 0.2) is 48.5 Å². The van der Waals surface area contributed by atoms with Gasteiger partial charge in [0.05, 0.1) is 6.26 Å². The van der Waals surface area contributed by atoms with Crippen molar-refractivity contribution < 1.29 is 35.5 Å². The third kappa shape index (κ3) is 7.17. The van der Waals surface area contributed by atoms with Crippen molar-refractivity contribution in [1.82, 2.24) is 19.0 Å². The number of sulfonamides is 1. The molecule has 0 aromatic heterocycles. The topological polar surface area (TPSA) is 73.4 Å². The number of alkyl halides is 4. The molecule has 0 bridgehead atoms. The SMILES string of the molecule is CN(Cc1ccc(OC(F)(F)C(F)F)cc1)C1CN(C(=O)N2CCN(S(C)(=O)=O)CC2)CC1c1ccc(Cl)cc1. The van der Waals surface area contributed by atoms with Gasteiger partial charge in [-0.15, -0.1) is 0 Å². The van der Waals surface area contributed by atoms with Gasteiger partial charge in [-0.1, -0.05) is 35.9 Å². The van der Waals surface area contributed by atoms with E-state index in [9.17, 15) is 30.8 Å². The van der Waals surface area contributed by atoms with Gasteiger partial charge in [0.1, 0.15) is 5.75 Å². The van der Waals surface area contributed by atoms with Crippen LogP contribution in [0.3, 0.4) is 0 Å². The second-order valence-corrected chi connectivity index (χ2v) is 12.5. The number of urea groups is 1. The molecule has 2 aliphatic rings. The third-order valence-electron chi connectivity index (χ3n) is 7.27. The molecule has 220 valence electrons. The molecule has 0 aliphatic carbocycles. The Labute approximate surface area is 236 Å². The van der Waals surface area contributed by atoms with E-state index in [0.29, 0.717) is 37.7 Å². The van der Waals surface area contributed by atoms with Gasteiger partial charge >= 0.3 is 18.6 Å². The van der Waals surface area contributed by atoms with Crippen molar-refractivity contribution in [2.24, 2.45) is 0 Å². The van der Waals surface area contributed by atoms with Crippen LogP contribution in [0, 0.1) is 0 Å². The number of carbonyl (C=O) groups excluding carboxylic acids is 1. The van der Waals surface area contributed by atoms with Crippen molar-refractivity contribution in [2.75, 3.05) is 52.6 Å². The van der Waals surface area contributed by atoms with Crippen molar-refractivity contribution >= 4 is 27.7 Å². The number of hydrogen-bond acceptors (Lipinski definition) is 5. The second-order valence-electron chi connectivity index (χ2n) is 10.1. The quantitative estimate of drug-likeness (QED) is 0.422. The minimum atomic E-state index is -4.58. The Kier molecular flexibility index (Phi) is 9.18. The van der Waals surface area contributed by atoms with Crippen LogP contribution in [-0.4, -0.2) is 105 Å². The summed E-state index contributed by atoms with van der Waals surface area (Å²) in [5, 5.41) is 0.586. The lowest BCUT2D eigenvalue weighted by molar-refractivity contribution is -0.253. The average molecular weight is 607 g/mol. The van der Waals surface area contributed by atoms with Gasteiger partial charge < -0.3 is 14.5 Å². The molecule has 0 N–H and O–H groups in total. The molecule has 2 unspecified atom stereocenters. The van der Waals surface area contributed by atoms with Crippen molar-refractivity contribution in [2.45, 2.75) is 31.0 Å². The van der Waals surface area contributed by atoms with Gasteiger partial charge in [-0.05, 0) is 42.4 Å². The molecular formula is C26H31ClF4N4O4S. The minimum absolute atomic E-state index is 0.0594. The molecule has 2 atom stereocenters. The summed E-state index contributed by atoms with van der Waals surface area (Å²) in [5.74, 6) is -0.430. The molecule has 4 rings (SSSR count). The first kappa shape index (κ1) is 30.4. The van der Waals surface area contributed by atoms with Crippen molar-refractivity contribution in [3.63, 3.8) is 0 Å². The van der Waals surface area contributed by atoms with Gasteiger partial charge in [0.15, 0.2) is 0 Å². The number of likely N-dealkylation sites (N-methyl/N-ethyl adjacent to an activating group) is 1. The number of ether oxygens (including phenoxy) is 1. The summed E-state index contributed by atoms with van der Waals surface area (Å²) < 4.78 is 80.5. The fraction of sp³-hybridized carbons (Fsp3) is 0.500. The Morgan fingerprint density at radius 2 is 1.62 bits per heavy atom. The van der Waals surface area contributed by atoms with Gasteiger partial charge in [0.25, 0.3) is 0 Å². The lowest BCUT2D eigenvalue weighted by Gasteiger charge is -2.35. The van der Waals surface area contributed by atoms with Crippen molar-refractivity contribution in [1.29, 1.82) is 0 Å². The summed E-state index contributed by atoms with van der Waals surface area (Å²) >= 11 is 6.09. The van der Waals surface area contributed by atoms with Crippen LogP contribution in [0.25, 0.3) is 0 Å². The van der Waals surface area contributed by atoms with Gasteiger partial charge in [0.2, 0.25) is 10.0 Å². The Hall–Kier alpha value is -2.61. The number of amides is 2. The lowest BCUT2D eigenvalue weighted by atomic mass is 9.93. The van der Waals surface area contributed by atoms with E-state index < -0.39 is 22.6 Å². The minimum Gasteiger partial charge on any atom is -0.428 e. The molecule has 2 fully saturated rings. The van der Waals surface area contributed by atoms with Crippen LogP contribution in [0.1, 0.15) is 17.0 Å². The number of benzene rings is 2. The summed E-state index contributed by atoms with van der Waals surface area (Å²) in [6.07, 6.45) is -7.37. The maximum Gasteiger partial charge on any atom is 0.461 e. The largest absolute Gasteiger partial charge is 0.461 e. The van der Waals surface area contributed by atoms with Gasteiger partial charge in [0, 0.05) is 62.8 Å². The summed E-state index contributed by atoms with van der Waals surface area (Å²) in [7, 11) is -1.43. The van der Waals surface area contributed by atoms with Crippen molar-refractivity contribution in [3.05, 3.63) is 64.7 Å². The summed E-state index contributed by atoms with van der Waals surface area (Å²) in [4.78, 5) is 18.9. The van der Waals surface area contributed by atoms with E-state index >= 15 is 0 Å². The first-order chi connectivity index (χ1) is 18.7. The zero-order valence-electron chi connectivity index (χ0n) is 22.0. The highest BCUT2D eigenvalue weighted by atomic mass is 35.5. The highest BCUT2D eigenvalue weighted by Crippen LogP contribution is 2.33. The number of piperazine rings is 1. The zero-order chi connectivity index (χ0) is 29.2. The molecule has 2 saturated heterocycles.